The van der Waals surface area contributed by atoms with Gasteiger partial charge >= 0.3 is 6.18 Å². The van der Waals surface area contributed by atoms with Gasteiger partial charge in [-0.3, -0.25) is 5.41 Å². The maximum absolute atomic E-state index is 12.8. The topological polar surface area (TPSA) is 62.8 Å². The van der Waals surface area contributed by atoms with Gasteiger partial charge < -0.3 is 5.73 Å². The monoisotopic (exact) mass is 299 g/mol. The third-order valence-electron chi connectivity index (χ3n) is 2.57. The number of nitrogen functional groups attached to an aromatic ring is 1. The van der Waals surface area contributed by atoms with E-state index in [2.05, 4.69) is 4.98 Å². The first-order valence-electron chi connectivity index (χ1n) is 5.47. The molecule has 2 aromatic rings. The molecule has 2 rings (SSSR count). The molecule has 3 N–H and O–H groups in total. The van der Waals surface area contributed by atoms with Gasteiger partial charge in [0.25, 0.3) is 0 Å². The van der Waals surface area contributed by atoms with E-state index in [-0.39, 0.29) is 11.4 Å². The highest BCUT2D eigenvalue weighted by Gasteiger charge is 2.32. The van der Waals surface area contributed by atoms with Gasteiger partial charge in [-0.2, -0.15) is 13.2 Å². The second-order valence-corrected chi connectivity index (χ2v) is 4.48. The van der Waals surface area contributed by atoms with E-state index in [1.807, 2.05) is 0 Å². The van der Waals surface area contributed by atoms with Gasteiger partial charge in [0, 0.05) is 10.6 Å². The number of alkyl halides is 3. The van der Waals surface area contributed by atoms with Crippen LogP contribution in [0.5, 0.6) is 0 Å². The Balaban J connectivity index is 2.60. The molecule has 0 saturated heterocycles. The van der Waals surface area contributed by atoms with E-state index in [9.17, 15) is 13.2 Å². The first-order valence-corrected chi connectivity index (χ1v) is 5.85. The summed E-state index contributed by atoms with van der Waals surface area (Å²) in [5, 5.41) is 7.72. The second kappa shape index (κ2) is 5.13. The van der Waals surface area contributed by atoms with Crippen molar-refractivity contribution in [2.75, 3.05) is 0 Å². The minimum atomic E-state index is -4.53. The van der Waals surface area contributed by atoms with E-state index in [0.717, 1.165) is 12.1 Å². The fourth-order valence-electron chi connectivity index (χ4n) is 1.60. The van der Waals surface area contributed by atoms with Crippen LogP contribution in [0.2, 0.25) is 5.02 Å². The lowest BCUT2D eigenvalue weighted by molar-refractivity contribution is -0.137. The van der Waals surface area contributed by atoms with Crippen molar-refractivity contribution in [1.82, 2.24) is 4.98 Å². The van der Waals surface area contributed by atoms with E-state index in [1.54, 1.807) is 24.3 Å². The largest absolute Gasteiger partial charge is 0.416 e. The number of nitrogens with two attached hydrogens (primary N) is 1. The summed E-state index contributed by atoms with van der Waals surface area (Å²) < 4.78 is 38.5. The molecular weight excluding hydrogens is 291 g/mol. The summed E-state index contributed by atoms with van der Waals surface area (Å²) in [6.45, 7) is 0. The molecule has 0 atom stereocenters. The number of pyridine rings is 1. The van der Waals surface area contributed by atoms with Gasteiger partial charge in [-0.1, -0.05) is 23.7 Å². The van der Waals surface area contributed by atoms with Crippen molar-refractivity contribution < 1.29 is 13.2 Å². The van der Waals surface area contributed by atoms with Crippen LogP contribution in [-0.2, 0) is 6.18 Å². The summed E-state index contributed by atoms with van der Waals surface area (Å²) in [6.07, 6.45) is -4.53. The van der Waals surface area contributed by atoms with E-state index in [1.165, 1.54) is 0 Å². The molecule has 20 heavy (non-hydrogen) atoms. The standard InChI is InChI=1S/C13H9ClF3N3/c14-9-3-1-7(2-4-9)10-5-8(13(15,16)17)6-11(20-10)12(18)19/h1-6H,(H3,18,19). The third-order valence-corrected chi connectivity index (χ3v) is 2.82. The molecule has 1 heterocycles. The Bertz CT molecular complexity index is 651. The maximum atomic E-state index is 12.8. The Kier molecular flexibility index (Phi) is 3.67. The van der Waals surface area contributed by atoms with Gasteiger partial charge in [-0.15, -0.1) is 0 Å². The maximum Gasteiger partial charge on any atom is 0.416 e. The summed E-state index contributed by atoms with van der Waals surface area (Å²) in [5.74, 6) is -0.522. The first kappa shape index (κ1) is 14.3. The molecule has 0 bridgehead atoms. The zero-order valence-electron chi connectivity index (χ0n) is 10.0. The van der Waals surface area contributed by atoms with Crippen LogP contribution in [0.3, 0.4) is 0 Å². The zero-order valence-corrected chi connectivity index (χ0v) is 10.8. The van der Waals surface area contributed by atoms with Crippen LogP contribution < -0.4 is 5.73 Å². The summed E-state index contributed by atoms with van der Waals surface area (Å²) in [6, 6.07) is 7.86. The number of benzene rings is 1. The molecule has 7 heteroatoms. The van der Waals surface area contributed by atoms with Crippen molar-refractivity contribution in [2.45, 2.75) is 6.18 Å². The van der Waals surface area contributed by atoms with E-state index in [4.69, 9.17) is 22.7 Å². The molecule has 0 radical (unpaired) electrons. The second-order valence-electron chi connectivity index (χ2n) is 4.04. The van der Waals surface area contributed by atoms with Crippen LogP contribution in [0.1, 0.15) is 11.3 Å². The molecular formula is C13H9ClF3N3. The van der Waals surface area contributed by atoms with Crippen molar-refractivity contribution in [3.8, 4) is 11.3 Å². The molecule has 3 nitrogen and oxygen atoms in total. The molecule has 0 spiro atoms. The van der Waals surface area contributed by atoms with E-state index in [0.29, 0.717) is 10.6 Å². The Hall–Kier alpha value is -2.08. The summed E-state index contributed by atoms with van der Waals surface area (Å²) in [4.78, 5) is 3.95. The molecule has 0 saturated carbocycles. The van der Waals surface area contributed by atoms with Crippen molar-refractivity contribution >= 4 is 17.4 Å². The summed E-state index contributed by atoms with van der Waals surface area (Å²) >= 11 is 5.73. The van der Waals surface area contributed by atoms with Crippen LogP contribution in [0, 0.1) is 5.41 Å². The number of aromatic nitrogens is 1. The molecule has 0 unspecified atom stereocenters. The lowest BCUT2D eigenvalue weighted by atomic mass is 10.1. The number of hydrogen-bond donors (Lipinski definition) is 2. The fourth-order valence-corrected chi connectivity index (χ4v) is 1.73. The smallest absolute Gasteiger partial charge is 0.382 e. The highest BCUT2D eigenvalue weighted by atomic mass is 35.5. The van der Waals surface area contributed by atoms with Crippen LogP contribution in [0.25, 0.3) is 11.3 Å². The van der Waals surface area contributed by atoms with Crippen LogP contribution in [0.4, 0.5) is 13.2 Å². The van der Waals surface area contributed by atoms with Crippen molar-refractivity contribution in [2.24, 2.45) is 5.73 Å². The Morgan fingerprint density at radius 3 is 2.25 bits per heavy atom. The minimum Gasteiger partial charge on any atom is -0.382 e. The fraction of sp³-hybridized carbons (Fsp3) is 0.0769. The number of nitrogens with one attached hydrogen (secondary N) is 1. The van der Waals surface area contributed by atoms with Crippen molar-refractivity contribution in [1.29, 1.82) is 5.41 Å². The average molecular weight is 300 g/mol. The van der Waals surface area contributed by atoms with Crippen LogP contribution >= 0.6 is 11.6 Å². The normalized spacial score (nSPS) is 11.4. The van der Waals surface area contributed by atoms with Gasteiger partial charge in [-0.25, -0.2) is 4.98 Å². The summed E-state index contributed by atoms with van der Waals surface area (Å²) in [5.41, 5.74) is 4.66. The molecule has 0 aliphatic rings. The quantitative estimate of drug-likeness (QED) is 0.656. The Morgan fingerprint density at radius 2 is 1.75 bits per heavy atom. The molecule has 1 aromatic heterocycles. The van der Waals surface area contributed by atoms with Crippen molar-refractivity contribution in [3.63, 3.8) is 0 Å². The minimum absolute atomic E-state index is 0.0849. The van der Waals surface area contributed by atoms with Gasteiger partial charge in [0.1, 0.15) is 11.5 Å². The molecule has 104 valence electrons. The van der Waals surface area contributed by atoms with Crippen molar-refractivity contribution in [3.05, 3.63) is 52.7 Å². The van der Waals surface area contributed by atoms with Gasteiger partial charge in [0.15, 0.2) is 0 Å². The van der Waals surface area contributed by atoms with Gasteiger partial charge in [-0.05, 0) is 24.3 Å². The number of halogens is 4. The zero-order chi connectivity index (χ0) is 14.9. The Labute approximate surface area is 117 Å². The van der Waals surface area contributed by atoms with Crippen LogP contribution in [-0.4, -0.2) is 10.8 Å². The molecule has 1 aromatic carbocycles. The highest BCUT2D eigenvalue weighted by molar-refractivity contribution is 6.30. The molecule has 0 amide bonds. The van der Waals surface area contributed by atoms with Gasteiger partial charge in [0.05, 0.1) is 11.3 Å². The Morgan fingerprint density at radius 1 is 1.15 bits per heavy atom. The number of nitrogens with zero attached hydrogens (tertiary/aromatic N) is 1. The molecule has 0 aliphatic carbocycles. The molecule has 0 aliphatic heterocycles. The highest BCUT2D eigenvalue weighted by Crippen LogP contribution is 2.32. The summed E-state index contributed by atoms with van der Waals surface area (Å²) in [7, 11) is 0. The predicted octanol–water partition coefficient (Wildman–Crippen LogP) is 3.70. The molecule has 0 fully saturated rings. The number of rotatable bonds is 2. The lowest BCUT2D eigenvalue weighted by Gasteiger charge is -2.11. The van der Waals surface area contributed by atoms with E-state index < -0.39 is 17.6 Å². The SMILES string of the molecule is N=C(N)c1cc(C(F)(F)F)cc(-c2ccc(Cl)cc2)n1. The lowest BCUT2D eigenvalue weighted by Crippen LogP contribution is -2.16. The third kappa shape index (κ3) is 3.08. The van der Waals surface area contributed by atoms with Crippen LogP contribution in [0.15, 0.2) is 36.4 Å². The number of amidine groups is 1. The average Bonchev–Trinajstić information content (AvgIpc) is 2.38. The first-order chi connectivity index (χ1) is 9.27. The number of hydrogen-bond acceptors (Lipinski definition) is 2. The predicted molar refractivity (Wildman–Crippen MR) is 70.7 cm³/mol. The van der Waals surface area contributed by atoms with Gasteiger partial charge in [0.2, 0.25) is 0 Å². The van der Waals surface area contributed by atoms with E-state index >= 15 is 0 Å².